The third-order valence-corrected chi connectivity index (χ3v) is 5.81. The molecule has 0 aromatic rings. The molecule has 256 valence electrons. The Morgan fingerprint density at radius 2 is 1.09 bits per heavy atom. The average Bonchev–Trinajstić information content (AvgIpc) is 2.95. The molecule has 0 amide bonds. The fourth-order valence-corrected chi connectivity index (χ4v) is 4.17. The maximum Gasteiger partial charge on any atom is 0.416 e. The summed E-state index contributed by atoms with van der Waals surface area (Å²) in [6.45, 7) is 16.3. The highest BCUT2D eigenvalue weighted by molar-refractivity contribution is 5.71. The highest BCUT2D eigenvalue weighted by Crippen LogP contribution is 2.38. The number of rotatable bonds is 30. The van der Waals surface area contributed by atoms with Crippen LogP contribution < -0.4 is 0 Å². The Labute approximate surface area is 258 Å². The standard InChI is InChI=1S/C30H58O13/c1-9-17-23-41-30(40-16-8,43-27(33)20-18-19-26(31)32)29(38-14-6,39-15-7)42-24-21-25(34-22-10-2)28(35-11-3,36-12-4)37-13-5/h25H,9-24H2,1-8H3,(H,31,32). The van der Waals surface area contributed by atoms with Gasteiger partial charge in [0.25, 0.3) is 0 Å². The van der Waals surface area contributed by atoms with Gasteiger partial charge in [-0.05, 0) is 60.8 Å². The quantitative estimate of drug-likeness (QED) is 0.0650. The zero-order valence-electron chi connectivity index (χ0n) is 27.7. The molecule has 13 nitrogen and oxygen atoms in total. The lowest BCUT2D eigenvalue weighted by Crippen LogP contribution is -2.65. The van der Waals surface area contributed by atoms with Crippen molar-refractivity contribution in [1.29, 1.82) is 0 Å². The fraction of sp³-hybridized carbons (Fsp3) is 0.933. The molecule has 0 spiro atoms. The van der Waals surface area contributed by atoms with Gasteiger partial charge in [0.2, 0.25) is 0 Å². The predicted octanol–water partition coefficient (Wildman–Crippen LogP) is 4.98. The maximum atomic E-state index is 13.0. The van der Waals surface area contributed by atoms with E-state index in [2.05, 4.69) is 0 Å². The largest absolute Gasteiger partial charge is 0.481 e. The number of hydrogen-bond donors (Lipinski definition) is 1. The van der Waals surface area contributed by atoms with Gasteiger partial charge in [-0.25, -0.2) is 0 Å². The van der Waals surface area contributed by atoms with E-state index in [1.54, 1.807) is 20.8 Å². The number of hydrogen-bond acceptors (Lipinski definition) is 12. The number of carbonyl (C=O) groups excluding carboxylic acids is 1. The van der Waals surface area contributed by atoms with Crippen LogP contribution in [0.3, 0.4) is 0 Å². The summed E-state index contributed by atoms with van der Waals surface area (Å²) >= 11 is 0. The minimum Gasteiger partial charge on any atom is -0.481 e. The van der Waals surface area contributed by atoms with E-state index in [1.165, 1.54) is 0 Å². The van der Waals surface area contributed by atoms with Crippen molar-refractivity contribution in [3.8, 4) is 0 Å². The first-order valence-corrected chi connectivity index (χ1v) is 15.8. The second-order valence-corrected chi connectivity index (χ2v) is 9.23. The molecule has 0 aliphatic heterocycles. The van der Waals surface area contributed by atoms with E-state index in [9.17, 15) is 9.59 Å². The van der Waals surface area contributed by atoms with Gasteiger partial charge in [0.15, 0.2) is 0 Å². The minimum atomic E-state index is -2.26. The number of carboxylic acids is 1. The molecule has 0 aromatic heterocycles. The van der Waals surface area contributed by atoms with Crippen molar-refractivity contribution in [3.63, 3.8) is 0 Å². The van der Waals surface area contributed by atoms with Crippen molar-refractivity contribution >= 4 is 11.9 Å². The molecule has 0 radical (unpaired) electrons. The second-order valence-electron chi connectivity index (χ2n) is 9.23. The van der Waals surface area contributed by atoms with Gasteiger partial charge in [-0.15, -0.1) is 0 Å². The third kappa shape index (κ3) is 14.0. The van der Waals surface area contributed by atoms with Crippen molar-refractivity contribution in [2.45, 2.75) is 124 Å². The maximum absolute atomic E-state index is 13.0. The van der Waals surface area contributed by atoms with E-state index < -0.39 is 36.0 Å². The zero-order valence-corrected chi connectivity index (χ0v) is 27.7. The Balaban J connectivity index is 6.56. The van der Waals surface area contributed by atoms with Crippen molar-refractivity contribution in [2.24, 2.45) is 0 Å². The smallest absolute Gasteiger partial charge is 0.416 e. The summed E-state index contributed by atoms with van der Waals surface area (Å²) < 4.78 is 60.5. The van der Waals surface area contributed by atoms with Gasteiger partial charge in [-0.2, -0.15) is 0 Å². The van der Waals surface area contributed by atoms with Crippen LogP contribution in [0.2, 0.25) is 0 Å². The van der Waals surface area contributed by atoms with E-state index >= 15 is 0 Å². The molecular formula is C30H58O13. The summed E-state index contributed by atoms with van der Waals surface area (Å²) in [5.74, 6) is -7.68. The molecule has 2 atom stereocenters. The molecule has 0 saturated carbocycles. The predicted molar refractivity (Wildman–Crippen MR) is 157 cm³/mol. The lowest BCUT2D eigenvalue weighted by Gasteiger charge is -2.45. The molecule has 0 aromatic carbocycles. The van der Waals surface area contributed by atoms with Crippen LogP contribution in [0.15, 0.2) is 0 Å². The highest BCUT2D eigenvalue weighted by Gasteiger charge is 2.63. The van der Waals surface area contributed by atoms with E-state index in [-0.39, 0.29) is 58.7 Å². The molecule has 0 saturated heterocycles. The van der Waals surface area contributed by atoms with E-state index in [1.807, 2.05) is 34.6 Å². The topological polar surface area (TPSA) is 147 Å². The summed E-state index contributed by atoms with van der Waals surface area (Å²) in [6.07, 6.45) is 1.30. The summed E-state index contributed by atoms with van der Waals surface area (Å²) in [4.78, 5) is 24.0. The Morgan fingerprint density at radius 3 is 1.56 bits per heavy atom. The van der Waals surface area contributed by atoms with Crippen molar-refractivity contribution in [2.75, 3.05) is 59.5 Å². The second kappa shape index (κ2) is 23.9. The Morgan fingerprint density at radius 1 is 0.581 bits per heavy atom. The van der Waals surface area contributed by atoms with Gasteiger partial charge >= 0.3 is 29.9 Å². The Bertz CT molecular complexity index is 697. The van der Waals surface area contributed by atoms with Gasteiger partial charge in [-0.3, -0.25) is 9.59 Å². The molecule has 0 rings (SSSR count). The van der Waals surface area contributed by atoms with Gasteiger partial charge < -0.3 is 52.5 Å². The van der Waals surface area contributed by atoms with E-state index in [0.29, 0.717) is 32.8 Å². The van der Waals surface area contributed by atoms with E-state index in [4.69, 9.17) is 52.5 Å². The Kier molecular flexibility index (Phi) is 23.1. The molecule has 0 aliphatic rings. The van der Waals surface area contributed by atoms with Crippen LogP contribution in [0.25, 0.3) is 0 Å². The molecule has 0 fully saturated rings. The third-order valence-electron chi connectivity index (χ3n) is 5.81. The zero-order chi connectivity index (χ0) is 32.6. The summed E-state index contributed by atoms with van der Waals surface area (Å²) in [5.41, 5.74) is 0. The fourth-order valence-electron chi connectivity index (χ4n) is 4.17. The number of esters is 1. The lowest BCUT2D eigenvalue weighted by molar-refractivity contribution is -0.551. The number of carbonyl (C=O) groups is 2. The number of ether oxygens (including phenoxy) is 10. The number of carboxylic acid groups (broad SMARTS) is 1. The van der Waals surface area contributed by atoms with Gasteiger partial charge in [-0.1, -0.05) is 20.3 Å². The summed E-state index contributed by atoms with van der Waals surface area (Å²) in [5, 5.41) is 9.01. The normalized spacial score (nSPS) is 14.4. The first-order chi connectivity index (χ1) is 20.7. The van der Waals surface area contributed by atoms with Crippen LogP contribution in [-0.4, -0.2) is 101 Å². The highest BCUT2D eigenvalue weighted by atomic mass is 17.0. The van der Waals surface area contributed by atoms with Gasteiger partial charge in [0.05, 0.1) is 19.8 Å². The summed E-state index contributed by atoms with van der Waals surface area (Å²) in [7, 11) is 0. The first kappa shape index (κ1) is 41.6. The number of unbranched alkanes of at least 4 members (excludes halogenated alkanes) is 1. The van der Waals surface area contributed by atoms with Crippen LogP contribution in [0.5, 0.6) is 0 Å². The Hall–Kier alpha value is -1.42. The molecule has 2 unspecified atom stereocenters. The van der Waals surface area contributed by atoms with Crippen LogP contribution in [0.1, 0.15) is 100 Å². The molecule has 0 aliphatic carbocycles. The van der Waals surface area contributed by atoms with Crippen molar-refractivity contribution in [3.05, 3.63) is 0 Å². The molecule has 0 heterocycles. The SMILES string of the molecule is CCCCOC(OCC)(OC(=O)CCCC(=O)O)C(OCC)(OCC)OCCC(OCCC)C(OCC)(OCC)OCC. The van der Waals surface area contributed by atoms with E-state index in [0.717, 1.165) is 12.8 Å². The lowest BCUT2D eigenvalue weighted by atomic mass is 10.2. The monoisotopic (exact) mass is 626 g/mol. The average molecular weight is 627 g/mol. The van der Waals surface area contributed by atoms with Gasteiger partial charge in [0, 0.05) is 58.9 Å². The van der Waals surface area contributed by atoms with Gasteiger partial charge in [0.1, 0.15) is 6.10 Å². The molecular weight excluding hydrogens is 568 g/mol. The number of aliphatic carboxylic acids is 1. The molecule has 1 N–H and O–H groups in total. The first-order valence-electron chi connectivity index (χ1n) is 15.8. The summed E-state index contributed by atoms with van der Waals surface area (Å²) in [6, 6.07) is 0. The van der Waals surface area contributed by atoms with Crippen LogP contribution >= 0.6 is 0 Å². The molecule has 43 heavy (non-hydrogen) atoms. The van der Waals surface area contributed by atoms with Crippen LogP contribution in [0, 0.1) is 0 Å². The van der Waals surface area contributed by atoms with Crippen molar-refractivity contribution in [1.82, 2.24) is 0 Å². The van der Waals surface area contributed by atoms with Crippen molar-refractivity contribution < 1.29 is 62.1 Å². The molecule has 0 bridgehead atoms. The minimum absolute atomic E-state index is 0.0458. The molecule has 13 heteroatoms. The van der Waals surface area contributed by atoms with Crippen LogP contribution in [-0.2, 0) is 57.0 Å². The van der Waals surface area contributed by atoms with Crippen LogP contribution in [0.4, 0.5) is 0 Å².